The molecule has 1 heterocycles. The van der Waals surface area contributed by atoms with E-state index in [-0.39, 0.29) is 24.0 Å². The number of halogens is 2. The third-order valence-corrected chi connectivity index (χ3v) is 3.42. The quantitative estimate of drug-likeness (QED) is 0.474. The van der Waals surface area contributed by atoms with Gasteiger partial charge in [-0.05, 0) is 19.3 Å². The number of guanidine groups is 1. The number of alkyl halides is 1. The minimum atomic E-state index is -0.950. The molecular formula is C11H21FIN3O. The van der Waals surface area contributed by atoms with Crippen LogP contribution in [0.2, 0.25) is 0 Å². The van der Waals surface area contributed by atoms with E-state index in [1.807, 2.05) is 4.90 Å². The number of hydrogen-bond acceptors (Lipinski definition) is 2. The standard InChI is InChI=1S/C11H20FN3O.HI/c12-11(2-1-3-11)4-5-14-10(13)15-6-8-16-9-7-15;/h1-9H2,(H2,13,14);1H. The van der Waals surface area contributed by atoms with Crippen molar-refractivity contribution in [3.63, 3.8) is 0 Å². The SMILES string of the molecule is I.NC(=NCCC1(F)CCC1)N1CCOCC1. The highest BCUT2D eigenvalue weighted by Crippen LogP contribution is 2.38. The van der Waals surface area contributed by atoms with E-state index in [9.17, 15) is 4.39 Å². The number of rotatable bonds is 3. The van der Waals surface area contributed by atoms with E-state index in [0.29, 0.717) is 45.0 Å². The molecule has 0 aromatic carbocycles. The summed E-state index contributed by atoms with van der Waals surface area (Å²) in [7, 11) is 0. The van der Waals surface area contributed by atoms with Crippen LogP contribution in [0.3, 0.4) is 0 Å². The van der Waals surface area contributed by atoms with Crippen molar-refractivity contribution in [2.45, 2.75) is 31.4 Å². The van der Waals surface area contributed by atoms with Gasteiger partial charge in [0.1, 0.15) is 5.67 Å². The first-order valence-electron chi connectivity index (χ1n) is 6.01. The first-order chi connectivity index (χ1) is 7.70. The van der Waals surface area contributed by atoms with E-state index in [0.717, 1.165) is 19.5 Å². The highest BCUT2D eigenvalue weighted by Gasteiger charge is 2.36. The van der Waals surface area contributed by atoms with Gasteiger partial charge in [0.2, 0.25) is 0 Å². The van der Waals surface area contributed by atoms with Crippen LogP contribution in [-0.4, -0.2) is 49.4 Å². The largest absolute Gasteiger partial charge is 0.378 e. The molecule has 100 valence electrons. The fourth-order valence-electron chi connectivity index (χ4n) is 2.07. The number of nitrogens with two attached hydrogens (primary N) is 1. The summed E-state index contributed by atoms with van der Waals surface area (Å²) in [5.41, 5.74) is 4.89. The number of ether oxygens (including phenoxy) is 1. The summed E-state index contributed by atoms with van der Waals surface area (Å²) >= 11 is 0. The predicted molar refractivity (Wildman–Crippen MR) is 76.6 cm³/mol. The van der Waals surface area contributed by atoms with Crippen LogP contribution in [0.1, 0.15) is 25.7 Å². The minimum Gasteiger partial charge on any atom is -0.378 e. The van der Waals surface area contributed by atoms with Crippen molar-refractivity contribution in [1.82, 2.24) is 4.90 Å². The summed E-state index contributed by atoms with van der Waals surface area (Å²) < 4.78 is 18.9. The molecular weight excluding hydrogens is 336 g/mol. The van der Waals surface area contributed by atoms with Crippen LogP contribution >= 0.6 is 24.0 Å². The van der Waals surface area contributed by atoms with Gasteiger partial charge in [-0.15, -0.1) is 24.0 Å². The third kappa shape index (κ3) is 4.24. The Bertz CT molecular complexity index is 265. The Morgan fingerprint density at radius 2 is 2.00 bits per heavy atom. The van der Waals surface area contributed by atoms with Gasteiger partial charge in [0.25, 0.3) is 0 Å². The molecule has 0 aromatic heterocycles. The molecule has 2 rings (SSSR count). The third-order valence-electron chi connectivity index (χ3n) is 3.42. The molecule has 2 aliphatic rings. The van der Waals surface area contributed by atoms with Gasteiger partial charge in [-0.1, -0.05) is 0 Å². The molecule has 2 fully saturated rings. The normalized spacial score (nSPS) is 23.8. The zero-order chi connectivity index (χ0) is 11.4. The Kier molecular flexibility index (Phi) is 5.91. The van der Waals surface area contributed by atoms with Gasteiger partial charge in [0.05, 0.1) is 13.2 Å². The Morgan fingerprint density at radius 3 is 2.53 bits per heavy atom. The van der Waals surface area contributed by atoms with Gasteiger partial charge in [-0.2, -0.15) is 0 Å². The molecule has 0 radical (unpaired) electrons. The van der Waals surface area contributed by atoms with Gasteiger partial charge >= 0.3 is 0 Å². The van der Waals surface area contributed by atoms with E-state index >= 15 is 0 Å². The van der Waals surface area contributed by atoms with E-state index in [2.05, 4.69) is 4.99 Å². The summed E-state index contributed by atoms with van der Waals surface area (Å²) in [6.45, 7) is 3.47. The Hall–Kier alpha value is -0.110. The van der Waals surface area contributed by atoms with Gasteiger partial charge in [0.15, 0.2) is 5.96 Å². The molecule has 1 aliphatic heterocycles. The molecule has 17 heavy (non-hydrogen) atoms. The van der Waals surface area contributed by atoms with E-state index in [4.69, 9.17) is 10.5 Å². The molecule has 0 aromatic rings. The summed E-state index contributed by atoms with van der Waals surface area (Å²) in [5.74, 6) is 0.534. The summed E-state index contributed by atoms with van der Waals surface area (Å²) in [4.78, 5) is 6.23. The smallest absolute Gasteiger partial charge is 0.191 e. The Labute approximate surface area is 119 Å². The van der Waals surface area contributed by atoms with Crippen LogP contribution in [0.25, 0.3) is 0 Å². The van der Waals surface area contributed by atoms with Gasteiger partial charge < -0.3 is 15.4 Å². The highest BCUT2D eigenvalue weighted by molar-refractivity contribution is 14.0. The average Bonchev–Trinajstić information content (AvgIpc) is 2.28. The van der Waals surface area contributed by atoms with Crippen molar-refractivity contribution >= 4 is 29.9 Å². The zero-order valence-corrected chi connectivity index (χ0v) is 12.4. The van der Waals surface area contributed by atoms with Crippen molar-refractivity contribution in [2.24, 2.45) is 10.7 Å². The molecule has 0 unspecified atom stereocenters. The molecule has 0 bridgehead atoms. The maximum absolute atomic E-state index is 13.7. The van der Waals surface area contributed by atoms with Gasteiger partial charge in [0, 0.05) is 26.1 Å². The second-order valence-corrected chi connectivity index (χ2v) is 4.59. The molecule has 2 N–H and O–H groups in total. The molecule has 1 aliphatic carbocycles. The monoisotopic (exact) mass is 357 g/mol. The maximum Gasteiger partial charge on any atom is 0.191 e. The Morgan fingerprint density at radius 1 is 1.35 bits per heavy atom. The summed E-state index contributed by atoms with van der Waals surface area (Å²) in [6, 6.07) is 0. The lowest BCUT2D eigenvalue weighted by Crippen LogP contribution is -2.45. The molecule has 0 amide bonds. The second kappa shape index (κ2) is 6.72. The topological polar surface area (TPSA) is 50.8 Å². The van der Waals surface area contributed by atoms with Crippen LogP contribution in [0.5, 0.6) is 0 Å². The molecule has 1 saturated heterocycles. The van der Waals surface area contributed by atoms with Crippen molar-refractivity contribution in [1.29, 1.82) is 0 Å². The first kappa shape index (κ1) is 14.9. The minimum absolute atomic E-state index is 0. The lowest BCUT2D eigenvalue weighted by molar-refractivity contribution is 0.0560. The lowest BCUT2D eigenvalue weighted by atomic mass is 9.80. The number of nitrogens with zero attached hydrogens (tertiary/aromatic N) is 2. The second-order valence-electron chi connectivity index (χ2n) is 4.59. The maximum atomic E-state index is 13.7. The number of aliphatic imine (C=N–C) groups is 1. The van der Waals surface area contributed by atoms with Gasteiger partial charge in [-0.3, -0.25) is 4.99 Å². The van der Waals surface area contributed by atoms with E-state index in [1.165, 1.54) is 0 Å². The lowest BCUT2D eigenvalue weighted by Gasteiger charge is -2.33. The highest BCUT2D eigenvalue weighted by atomic mass is 127. The van der Waals surface area contributed by atoms with E-state index < -0.39 is 5.67 Å². The number of morpholine rings is 1. The fourth-order valence-corrected chi connectivity index (χ4v) is 2.07. The summed E-state index contributed by atoms with van der Waals surface area (Å²) in [6.07, 6.45) is 2.91. The molecule has 0 spiro atoms. The zero-order valence-electron chi connectivity index (χ0n) is 10.0. The van der Waals surface area contributed by atoms with E-state index in [1.54, 1.807) is 0 Å². The molecule has 0 atom stereocenters. The van der Waals surface area contributed by atoms with Crippen molar-refractivity contribution in [3.8, 4) is 0 Å². The fraction of sp³-hybridized carbons (Fsp3) is 0.909. The van der Waals surface area contributed by atoms with Gasteiger partial charge in [-0.25, -0.2) is 4.39 Å². The number of hydrogen-bond donors (Lipinski definition) is 1. The molecule has 1 saturated carbocycles. The van der Waals surface area contributed by atoms with Crippen LogP contribution in [0.4, 0.5) is 4.39 Å². The van der Waals surface area contributed by atoms with Crippen molar-refractivity contribution in [2.75, 3.05) is 32.8 Å². The summed E-state index contributed by atoms with van der Waals surface area (Å²) in [5, 5.41) is 0. The average molecular weight is 357 g/mol. The van der Waals surface area contributed by atoms with Crippen LogP contribution in [0, 0.1) is 0 Å². The molecule has 6 heteroatoms. The van der Waals surface area contributed by atoms with Crippen molar-refractivity contribution < 1.29 is 9.13 Å². The van der Waals surface area contributed by atoms with Crippen LogP contribution in [-0.2, 0) is 4.74 Å². The molecule has 4 nitrogen and oxygen atoms in total. The first-order valence-corrected chi connectivity index (χ1v) is 6.01. The van der Waals surface area contributed by atoms with Crippen LogP contribution in [0.15, 0.2) is 4.99 Å². The Balaban J connectivity index is 0.00000144. The van der Waals surface area contributed by atoms with Crippen molar-refractivity contribution in [3.05, 3.63) is 0 Å². The van der Waals surface area contributed by atoms with Crippen LogP contribution < -0.4 is 5.73 Å². The predicted octanol–water partition coefficient (Wildman–Crippen LogP) is 1.53.